The third-order valence-electron chi connectivity index (χ3n) is 2.34. The van der Waals surface area contributed by atoms with Gasteiger partial charge in [0.1, 0.15) is 17.3 Å². The molecule has 2 aromatic rings. The molecule has 17 heavy (non-hydrogen) atoms. The van der Waals surface area contributed by atoms with Gasteiger partial charge in [-0.25, -0.2) is 14.7 Å². The van der Waals surface area contributed by atoms with E-state index in [-0.39, 0.29) is 0 Å². The Morgan fingerprint density at radius 2 is 2.18 bits per heavy atom. The number of rotatable bonds is 1. The average Bonchev–Trinajstić information content (AvgIpc) is 2.87. The Labute approximate surface area is 97.5 Å². The zero-order valence-electron chi connectivity index (χ0n) is 9.07. The number of nitrogens with two attached hydrogens (primary N) is 1. The van der Waals surface area contributed by atoms with Crippen molar-refractivity contribution in [3.63, 3.8) is 0 Å². The number of nitrogen functional groups attached to an aromatic ring is 1. The quantitative estimate of drug-likeness (QED) is 0.596. The zero-order chi connectivity index (χ0) is 11.8. The summed E-state index contributed by atoms with van der Waals surface area (Å²) in [4.78, 5) is 8.35. The molecule has 0 fully saturated rings. The van der Waals surface area contributed by atoms with Gasteiger partial charge < -0.3 is 5.73 Å². The van der Waals surface area contributed by atoms with Crippen LogP contribution in [0.5, 0.6) is 0 Å². The van der Waals surface area contributed by atoms with Gasteiger partial charge in [-0.3, -0.25) is 0 Å². The van der Waals surface area contributed by atoms with Gasteiger partial charge in [-0.15, -0.1) is 10.2 Å². The highest BCUT2D eigenvalue weighted by Crippen LogP contribution is 2.14. The molecular formula is C9H8BN7. The van der Waals surface area contributed by atoms with E-state index in [0.29, 0.717) is 23.0 Å². The monoisotopic (exact) mass is 225 g/mol. The van der Waals surface area contributed by atoms with E-state index in [1.165, 1.54) is 0 Å². The fourth-order valence-corrected chi connectivity index (χ4v) is 1.51. The Hall–Kier alpha value is -2.51. The lowest BCUT2D eigenvalue weighted by Gasteiger charge is -1.95. The number of anilines is 1. The summed E-state index contributed by atoms with van der Waals surface area (Å²) in [5.41, 5.74) is 7.60. The maximum Gasteiger partial charge on any atom is 0.204 e. The summed E-state index contributed by atoms with van der Waals surface area (Å²) in [5.74, 6) is 1.10. The van der Waals surface area contributed by atoms with E-state index >= 15 is 0 Å². The highest BCUT2D eigenvalue weighted by Gasteiger charge is 2.18. The van der Waals surface area contributed by atoms with E-state index < -0.39 is 0 Å². The number of aliphatic imine (C=N–C) groups is 1. The zero-order valence-corrected chi connectivity index (χ0v) is 9.07. The molecule has 0 unspecified atom stereocenters. The standard InChI is InChI=1S/C9H8BN7/c10-9-16-15-8-6(4-13-17(8)9)14-5-1-2-7(11)12-3-5/h1-4H,10H2,(H2,11,12)/b14-6+. The maximum atomic E-state index is 5.50. The molecular weight excluding hydrogens is 217 g/mol. The predicted octanol–water partition coefficient (Wildman–Crippen LogP) is -1.52. The van der Waals surface area contributed by atoms with Gasteiger partial charge in [0.25, 0.3) is 0 Å². The molecule has 0 saturated heterocycles. The summed E-state index contributed by atoms with van der Waals surface area (Å²) < 4.78 is 1.64. The molecule has 3 heterocycles. The normalized spacial score (nSPS) is 15.4. The van der Waals surface area contributed by atoms with Crippen molar-refractivity contribution in [2.24, 2.45) is 10.1 Å². The summed E-state index contributed by atoms with van der Waals surface area (Å²) in [5, 5.41) is 12.1. The number of nitrogens with zero attached hydrogens (tertiary/aromatic N) is 6. The van der Waals surface area contributed by atoms with E-state index in [1.807, 2.05) is 7.85 Å². The summed E-state index contributed by atoms with van der Waals surface area (Å²) in [6, 6.07) is 3.48. The highest BCUT2D eigenvalue weighted by molar-refractivity contribution is 6.40. The van der Waals surface area contributed by atoms with Gasteiger partial charge in [-0.05, 0) is 12.1 Å². The highest BCUT2D eigenvalue weighted by atomic mass is 15.5. The summed E-state index contributed by atoms with van der Waals surface area (Å²) >= 11 is 0. The van der Waals surface area contributed by atoms with Crippen molar-refractivity contribution < 1.29 is 0 Å². The summed E-state index contributed by atoms with van der Waals surface area (Å²) in [6.45, 7) is 0. The Kier molecular flexibility index (Phi) is 2.00. The largest absolute Gasteiger partial charge is 0.384 e. The van der Waals surface area contributed by atoms with Crippen LogP contribution in [0.2, 0.25) is 0 Å². The third-order valence-corrected chi connectivity index (χ3v) is 2.34. The number of aromatic nitrogens is 4. The molecule has 0 spiro atoms. The topological polar surface area (TPSA) is 94.3 Å². The Morgan fingerprint density at radius 1 is 1.29 bits per heavy atom. The van der Waals surface area contributed by atoms with Crippen LogP contribution in [-0.2, 0) is 0 Å². The van der Waals surface area contributed by atoms with Gasteiger partial charge in [0.15, 0.2) is 7.85 Å². The molecule has 0 atom stereocenters. The van der Waals surface area contributed by atoms with Crippen molar-refractivity contribution in [1.82, 2.24) is 19.9 Å². The molecule has 82 valence electrons. The van der Waals surface area contributed by atoms with E-state index in [9.17, 15) is 0 Å². The van der Waals surface area contributed by atoms with Crippen LogP contribution in [0.4, 0.5) is 11.5 Å². The molecule has 7 nitrogen and oxygen atoms in total. The fraction of sp³-hybridized carbons (Fsp3) is 0. The van der Waals surface area contributed by atoms with Crippen molar-refractivity contribution in [2.75, 3.05) is 5.73 Å². The van der Waals surface area contributed by atoms with E-state index in [2.05, 4.69) is 25.3 Å². The first-order valence-electron chi connectivity index (χ1n) is 5.01. The smallest absolute Gasteiger partial charge is 0.204 e. The molecule has 0 aromatic carbocycles. The van der Waals surface area contributed by atoms with Crippen molar-refractivity contribution in [3.8, 4) is 0 Å². The van der Waals surface area contributed by atoms with Gasteiger partial charge in [-0.1, -0.05) is 0 Å². The molecule has 2 N–H and O–H groups in total. The van der Waals surface area contributed by atoms with Crippen LogP contribution in [0.25, 0.3) is 0 Å². The summed E-state index contributed by atoms with van der Waals surface area (Å²) in [6.07, 6.45) is 3.25. The van der Waals surface area contributed by atoms with Gasteiger partial charge >= 0.3 is 0 Å². The number of pyridine rings is 1. The molecule has 8 heteroatoms. The maximum absolute atomic E-state index is 5.50. The molecule has 1 aliphatic heterocycles. The molecule has 0 radical (unpaired) electrons. The minimum Gasteiger partial charge on any atom is -0.384 e. The third kappa shape index (κ3) is 1.59. The SMILES string of the molecule is Bc1nnc2n1N=C/C2=N\c1ccc(N)nc1. The molecule has 1 aliphatic rings. The van der Waals surface area contributed by atoms with Gasteiger partial charge in [0.05, 0.1) is 18.1 Å². The second kappa shape index (κ2) is 3.51. The van der Waals surface area contributed by atoms with Crippen LogP contribution >= 0.6 is 0 Å². The van der Waals surface area contributed by atoms with Crippen LogP contribution in [0.15, 0.2) is 28.4 Å². The van der Waals surface area contributed by atoms with Crippen molar-refractivity contribution in [1.29, 1.82) is 0 Å². The van der Waals surface area contributed by atoms with Crippen molar-refractivity contribution >= 4 is 37.0 Å². The fourth-order valence-electron chi connectivity index (χ4n) is 1.51. The summed E-state index contributed by atoms with van der Waals surface area (Å²) in [7, 11) is 1.83. The van der Waals surface area contributed by atoms with Crippen molar-refractivity contribution in [2.45, 2.75) is 0 Å². The van der Waals surface area contributed by atoms with E-state index in [4.69, 9.17) is 5.73 Å². The minimum atomic E-state index is 0.466. The molecule has 3 rings (SSSR count). The van der Waals surface area contributed by atoms with E-state index in [0.717, 1.165) is 5.72 Å². The van der Waals surface area contributed by atoms with Crippen LogP contribution in [0.3, 0.4) is 0 Å². The Bertz CT molecular complexity index is 625. The Morgan fingerprint density at radius 3 is 2.94 bits per heavy atom. The van der Waals surface area contributed by atoms with E-state index in [1.54, 1.807) is 29.2 Å². The van der Waals surface area contributed by atoms with Crippen LogP contribution in [0, 0.1) is 0 Å². The second-order valence-corrected chi connectivity index (χ2v) is 3.57. The Balaban J connectivity index is 2.02. The number of fused-ring (bicyclic) bond motifs is 1. The molecule has 0 aliphatic carbocycles. The molecule has 0 bridgehead atoms. The minimum absolute atomic E-state index is 0.466. The van der Waals surface area contributed by atoms with Crippen LogP contribution in [-0.4, -0.2) is 39.6 Å². The lowest BCUT2D eigenvalue weighted by atomic mass is 10.1. The lowest BCUT2D eigenvalue weighted by Crippen LogP contribution is -2.15. The molecule has 0 amide bonds. The van der Waals surface area contributed by atoms with Crippen LogP contribution in [0.1, 0.15) is 5.82 Å². The predicted molar refractivity (Wildman–Crippen MR) is 66.9 cm³/mol. The molecule has 0 saturated carbocycles. The lowest BCUT2D eigenvalue weighted by molar-refractivity contribution is 0.912. The van der Waals surface area contributed by atoms with Crippen LogP contribution < -0.4 is 11.5 Å². The average molecular weight is 225 g/mol. The number of hydrogen-bond acceptors (Lipinski definition) is 6. The molecule has 2 aromatic heterocycles. The number of hydrogen-bond donors (Lipinski definition) is 1. The van der Waals surface area contributed by atoms with Crippen molar-refractivity contribution in [3.05, 3.63) is 24.2 Å². The van der Waals surface area contributed by atoms with Gasteiger partial charge in [0, 0.05) is 0 Å². The van der Waals surface area contributed by atoms with Gasteiger partial charge in [-0.2, -0.15) is 5.10 Å². The first-order chi connectivity index (χ1) is 8.24. The first kappa shape index (κ1) is 9.70. The van der Waals surface area contributed by atoms with Gasteiger partial charge in [0.2, 0.25) is 5.82 Å². The second-order valence-electron chi connectivity index (χ2n) is 3.57. The first-order valence-corrected chi connectivity index (χ1v) is 5.01.